The van der Waals surface area contributed by atoms with Crippen LogP contribution in [0.15, 0.2) is 17.7 Å². The molecular formula is C13H16O2S. The molecule has 0 heterocycles. The molecule has 1 aromatic carbocycles. The van der Waals surface area contributed by atoms with Crippen LogP contribution in [0.3, 0.4) is 0 Å². The molecule has 0 saturated heterocycles. The van der Waals surface area contributed by atoms with Crippen molar-refractivity contribution in [2.24, 2.45) is 0 Å². The Balaban J connectivity index is 2.25. The quantitative estimate of drug-likeness (QED) is 0.792. The first-order chi connectivity index (χ1) is 7.70. The number of phenolic OH excluding ortho intramolecular Hbond substituents is 2. The van der Waals surface area contributed by atoms with Gasteiger partial charge in [0.25, 0.3) is 0 Å². The van der Waals surface area contributed by atoms with Gasteiger partial charge in [0.15, 0.2) is 11.5 Å². The summed E-state index contributed by atoms with van der Waals surface area (Å²) in [5.74, 6) is 2.15. The summed E-state index contributed by atoms with van der Waals surface area (Å²) in [7, 11) is 0. The van der Waals surface area contributed by atoms with E-state index in [9.17, 15) is 10.2 Å². The van der Waals surface area contributed by atoms with Gasteiger partial charge in [0.1, 0.15) is 0 Å². The minimum absolute atomic E-state index is 0.0152. The molecule has 2 N–H and O–H groups in total. The highest BCUT2D eigenvalue weighted by Gasteiger charge is 2.13. The lowest BCUT2D eigenvalue weighted by molar-refractivity contribution is 0.403. The maximum absolute atomic E-state index is 9.45. The minimum atomic E-state index is -0.0283. The molecule has 0 fully saturated rings. The van der Waals surface area contributed by atoms with E-state index in [0.717, 1.165) is 35.5 Å². The molecule has 0 unspecified atom stereocenters. The van der Waals surface area contributed by atoms with Crippen molar-refractivity contribution in [3.8, 4) is 11.5 Å². The van der Waals surface area contributed by atoms with E-state index in [1.807, 2.05) is 11.8 Å². The molecular weight excluding hydrogens is 220 g/mol. The second-order valence-electron chi connectivity index (χ2n) is 3.98. The molecule has 2 nitrogen and oxygen atoms in total. The van der Waals surface area contributed by atoms with Gasteiger partial charge in [-0.2, -0.15) is 11.8 Å². The van der Waals surface area contributed by atoms with Crippen molar-refractivity contribution < 1.29 is 10.2 Å². The summed E-state index contributed by atoms with van der Waals surface area (Å²) < 4.78 is 0. The van der Waals surface area contributed by atoms with Gasteiger partial charge in [-0.05, 0) is 41.9 Å². The fraction of sp³-hybridized carbons (Fsp3) is 0.385. The highest BCUT2D eigenvalue weighted by atomic mass is 32.2. The molecule has 0 aromatic heterocycles. The smallest absolute Gasteiger partial charge is 0.158 e. The molecule has 0 radical (unpaired) electrons. The Morgan fingerprint density at radius 2 is 1.94 bits per heavy atom. The van der Waals surface area contributed by atoms with Crippen molar-refractivity contribution in [3.05, 3.63) is 28.8 Å². The first kappa shape index (κ1) is 11.4. The summed E-state index contributed by atoms with van der Waals surface area (Å²) in [6.45, 7) is 2.16. The van der Waals surface area contributed by atoms with Crippen LogP contribution in [-0.2, 0) is 6.42 Å². The SMILES string of the molecule is CCSCC1=Cc2cc(O)c(O)cc2CC1. The number of fused-ring (bicyclic) bond motifs is 1. The van der Waals surface area contributed by atoms with Crippen LogP contribution < -0.4 is 0 Å². The second-order valence-corrected chi connectivity index (χ2v) is 5.25. The molecule has 0 amide bonds. The van der Waals surface area contributed by atoms with Crippen LogP contribution >= 0.6 is 11.8 Å². The van der Waals surface area contributed by atoms with Crippen molar-refractivity contribution in [1.82, 2.24) is 0 Å². The lowest BCUT2D eigenvalue weighted by atomic mass is 9.92. The lowest BCUT2D eigenvalue weighted by Gasteiger charge is -2.17. The van der Waals surface area contributed by atoms with Gasteiger partial charge in [-0.25, -0.2) is 0 Å². The Morgan fingerprint density at radius 1 is 1.19 bits per heavy atom. The predicted molar refractivity (Wildman–Crippen MR) is 69.1 cm³/mol. The molecule has 0 bridgehead atoms. The van der Waals surface area contributed by atoms with Gasteiger partial charge in [0, 0.05) is 5.75 Å². The van der Waals surface area contributed by atoms with Crippen LogP contribution in [0.4, 0.5) is 0 Å². The fourth-order valence-electron chi connectivity index (χ4n) is 1.92. The second kappa shape index (κ2) is 4.83. The Labute approximate surface area is 100 Å². The summed E-state index contributed by atoms with van der Waals surface area (Å²) in [6.07, 6.45) is 4.16. The summed E-state index contributed by atoms with van der Waals surface area (Å²) in [4.78, 5) is 0. The van der Waals surface area contributed by atoms with Crippen molar-refractivity contribution in [2.75, 3.05) is 11.5 Å². The third-order valence-corrected chi connectivity index (χ3v) is 3.79. The summed E-state index contributed by atoms with van der Waals surface area (Å²) >= 11 is 1.92. The fourth-order valence-corrected chi connectivity index (χ4v) is 2.62. The van der Waals surface area contributed by atoms with Crippen LogP contribution in [0.5, 0.6) is 11.5 Å². The number of benzene rings is 1. The molecule has 0 aliphatic heterocycles. The van der Waals surface area contributed by atoms with E-state index in [-0.39, 0.29) is 11.5 Å². The third-order valence-electron chi connectivity index (χ3n) is 2.80. The highest BCUT2D eigenvalue weighted by molar-refractivity contribution is 7.99. The first-order valence-electron chi connectivity index (χ1n) is 5.52. The topological polar surface area (TPSA) is 40.5 Å². The molecule has 2 rings (SSSR count). The van der Waals surface area contributed by atoms with Gasteiger partial charge in [-0.3, -0.25) is 0 Å². The van der Waals surface area contributed by atoms with E-state index >= 15 is 0 Å². The molecule has 16 heavy (non-hydrogen) atoms. The molecule has 0 atom stereocenters. The summed E-state index contributed by atoms with van der Waals surface area (Å²) in [5, 5.41) is 18.9. The molecule has 1 aromatic rings. The van der Waals surface area contributed by atoms with Crippen molar-refractivity contribution in [3.63, 3.8) is 0 Å². The van der Waals surface area contributed by atoms with Gasteiger partial charge in [0.2, 0.25) is 0 Å². The van der Waals surface area contributed by atoms with Crippen LogP contribution in [-0.4, -0.2) is 21.7 Å². The minimum Gasteiger partial charge on any atom is -0.504 e. The molecule has 1 aliphatic carbocycles. The lowest BCUT2D eigenvalue weighted by Crippen LogP contribution is -2.01. The van der Waals surface area contributed by atoms with E-state index in [1.54, 1.807) is 12.1 Å². The van der Waals surface area contributed by atoms with Crippen LogP contribution in [0.2, 0.25) is 0 Å². The Bertz CT molecular complexity index is 424. The average molecular weight is 236 g/mol. The normalized spacial score (nSPS) is 14.4. The van der Waals surface area contributed by atoms with Gasteiger partial charge in [-0.15, -0.1) is 0 Å². The van der Waals surface area contributed by atoms with Crippen molar-refractivity contribution in [2.45, 2.75) is 19.8 Å². The van der Waals surface area contributed by atoms with E-state index in [1.165, 1.54) is 5.57 Å². The Kier molecular flexibility index (Phi) is 3.44. The van der Waals surface area contributed by atoms with E-state index in [2.05, 4.69) is 13.0 Å². The van der Waals surface area contributed by atoms with Crippen LogP contribution in [0.1, 0.15) is 24.5 Å². The van der Waals surface area contributed by atoms with Crippen LogP contribution in [0.25, 0.3) is 6.08 Å². The van der Waals surface area contributed by atoms with Crippen molar-refractivity contribution >= 4 is 17.8 Å². The summed E-state index contributed by atoms with van der Waals surface area (Å²) in [6, 6.07) is 3.32. The molecule has 1 aliphatic rings. The Hall–Kier alpha value is -1.09. The van der Waals surface area contributed by atoms with Gasteiger partial charge < -0.3 is 10.2 Å². The number of aromatic hydroxyl groups is 2. The molecule has 0 saturated carbocycles. The Morgan fingerprint density at radius 3 is 2.69 bits per heavy atom. The number of hydrogen-bond acceptors (Lipinski definition) is 3. The van der Waals surface area contributed by atoms with E-state index in [0.29, 0.717) is 0 Å². The third kappa shape index (κ3) is 2.35. The number of rotatable bonds is 3. The summed E-state index contributed by atoms with van der Waals surface area (Å²) in [5.41, 5.74) is 3.60. The zero-order chi connectivity index (χ0) is 11.5. The predicted octanol–water partition coefficient (Wildman–Crippen LogP) is 3.18. The monoisotopic (exact) mass is 236 g/mol. The highest BCUT2D eigenvalue weighted by Crippen LogP contribution is 2.34. The molecule has 0 spiro atoms. The number of phenols is 2. The molecule has 86 valence electrons. The molecule has 3 heteroatoms. The van der Waals surface area contributed by atoms with Gasteiger partial charge >= 0.3 is 0 Å². The van der Waals surface area contributed by atoms with Crippen LogP contribution in [0, 0.1) is 0 Å². The maximum Gasteiger partial charge on any atom is 0.158 e. The van der Waals surface area contributed by atoms with Crippen molar-refractivity contribution in [1.29, 1.82) is 0 Å². The van der Waals surface area contributed by atoms with E-state index < -0.39 is 0 Å². The number of thioether (sulfide) groups is 1. The van der Waals surface area contributed by atoms with E-state index in [4.69, 9.17) is 0 Å². The zero-order valence-electron chi connectivity index (χ0n) is 9.36. The maximum atomic E-state index is 9.45. The largest absolute Gasteiger partial charge is 0.504 e. The zero-order valence-corrected chi connectivity index (χ0v) is 10.2. The average Bonchev–Trinajstić information content (AvgIpc) is 2.28. The standard InChI is InChI=1S/C13H16O2S/c1-2-16-8-9-3-4-10-6-12(14)13(15)7-11(10)5-9/h5-7,14-15H,2-4,8H2,1H3. The number of hydrogen-bond donors (Lipinski definition) is 2. The first-order valence-corrected chi connectivity index (χ1v) is 6.68. The van der Waals surface area contributed by atoms with Gasteiger partial charge in [-0.1, -0.05) is 18.6 Å². The number of aryl methyl sites for hydroxylation is 1. The van der Waals surface area contributed by atoms with Gasteiger partial charge in [0.05, 0.1) is 0 Å².